The largest absolute Gasteiger partial charge is 0.497 e. The quantitative estimate of drug-likeness (QED) is 0.565. The number of aromatic nitrogens is 1. The van der Waals surface area contributed by atoms with Crippen molar-refractivity contribution in [3.05, 3.63) is 75.7 Å². The lowest BCUT2D eigenvalue weighted by Crippen LogP contribution is -2.34. The smallest absolute Gasteiger partial charge is 0.270 e. The van der Waals surface area contributed by atoms with Crippen molar-refractivity contribution in [2.75, 3.05) is 34.9 Å². The Morgan fingerprint density at radius 1 is 1.03 bits per heavy atom. The van der Waals surface area contributed by atoms with Crippen molar-refractivity contribution < 1.29 is 14.3 Å². The SMILES string of the molecule is COc1ccc(Cc2nc(C(=O)NCC(c3ccc(OC)cc3)N(C)C)cs2)cc1. The summed E-state index contributed by atoms with van der Waals surface area (Å²) in [6, 6.07) is 15.8. The number of rotatable bonds is 9. The predicted octanol–water partition coefficient (Wildman–Crippen LogP) is 3.78. The first-order valence-corrected chi connectivity index (χ1v) is 10.5. The highest BCUT2D eigenvalue weighted by Crippen LogP contribution is 2.21. The third kappa shape index (κ3) is 5.58. The van der Waals surface area contributed by atoms with Crippen molar-refractivity contribution in [3.63, 3.8) is 0 Å². The first-order chi connectivity index (χ1) is 14.5. The molecule has 3 rings (SSSR count). The molecule has 1 aromatic heterocycles. The molecule has 0 bridgehead atoms. The Balaban J connectivity index is 1.60. The number of carbonyl (C=O) groups excluding carboxylic acids is 1. The molecule has 1 heterocycles. The van der Waals surface area contributed by atoms with E-state index in [9.17, 15) is 4.79 Å². The summed E-state index contributed by atoms with van der Waals surface area (Å²) in [5.41, 5.74) is 2.69. The van der Waals surface area contributed by atoms with Crippen molar-refractivity contribution in [1.82, 2.24) is 15.2 Å². The molecule has 0 radical (unpaired) electrons. The molecule has 30 heavy (non-hydrogen) atoms. The van der Waals surface area contributed by atoms with E-state index in [0.717, 1.165) is 27.6 Å². The lowest BCUT2D eigenvalue weighted by atomic mass is 10.1. The molecule has 0 aliphatic carbocycles. The number of likely N-dealkylation sites (N-methyl/N-ethyl adjacent to an activating group) is 1. The van der Waals surface area contributed by atoms with Crippen molar-refractivity contribution in [1.29, 1.82) is 0 Å². The number of hydrogen-bond acceptors (Lipinski definition) is 6. The fraction of sp³-hybridized carbons (Fsp3) is 0.304. The average Bonchev–Trinajstić information content (AvgIpc) is 3.23. The summed E-state index contributed by atoms with van der Waals surface area (Å²) in [7, 11) is 7.29. The Hall–Kier alpha value is -2.90. The van der Waals surface area contributed by atoms with Gasteiger partial charge in [-0.25, -0.2) is 4.98 Å². The molecule has 0 saturated heterocycles. The fourth-order valence-corrected chi connectivity index (χ4v) is 3.93. The molecule has 0 saturated carbocycles. The zero-order valence-corrected chi connectivity index (χ0v) is 18.5. The van der Waals surface area contributed by atoms with Crippen molar-refractivity contribution in [2.45, 2.75) is 12.5 Å². The number of carbonyl (C=O) groups is 1. The average molecular weight is 426 g/mol. The highest BCUT2D eigenvalue weighted by molar-refractivity contribution is 7.09. The van der Waals surface area contributed by atoms with Gasteiger partial charge in [-0.05, 0) is 49.5 Å². The van der Waals surface area contributed by atoms with E-state index in [4.69, 9.17) is 9.47 Å². The van der Waals surface area contributed by atoms with Gasteiger partial charge in [0, 0.05) is 18.3 Å². The van der Waals surface area contributed by atoms with E-state index in [1.165, 1.54) is 11.3 Å². The van der Waals surface area contributed by atoms with Crippen LogP contribution in [0, 0.1) is 0 Å². The van der Waals surface area contributed by atoms with Crippen molar-refractivity contribution >= 4 is 17.2 Å². The van der Waals surface area contributed by atoms with Crippen molar-refractivity contribution in [3.8, 4) is 11.5 Å². The van der Waals surface area contributed by atoms with Gasteiger partial charge in [0.15, 0.2) is 0 Å². The third-order valence-electron chi connectivity index (χ3n) is 4.88. The Morgan fingerprint density at radius 2 is 1.63 bits per heavy atom. The summed E-state index contributed by atoms with van der Waals surface area (Å²) in [5.74, 6) is 1.48. The van der Waals surface area contributed by atoms with Gasteiger partial charge in [0.25, 0.3) is 5.91 Å². The minimum Gasteiger partial charge on any atom is -0.497 e. The van der Waals surface area contributed by atoms with Gasteiger partial charge in [0.1, 0.15) is 17.2 Å². The van der Waals surface area contributed by atoms with E-state index < -0.39 is 0 Å². The molecular weight excluding hydrogens is 398 g/mol. The standard InChI is InChI=1S/C23H27N3O3S/c1-26(2)21(17-7-11-19(29-4)12-8-17)14-24-23(27)20-15-30-22(25-20)13-16-5-9-18(28-3)10-6-16/h5-12,15,21H,13-14H2,1-4H3,(H,24,27). The van der Waals surface area contributed by atoms with E-state index in [1.54, 1.807) is 14.2 Å². The highest BCUT2D eigenvalue weighted by Gasteiger charge is 2.17. The summed E-state index contributed by atoms with van der Waals surface area (Å²) in [6.07, 6.45) is 0.689. The van der Waals surface area contributed by atoms with Gasteiger partial charge in [0.2, 0.25) is 0 Å². The van der Waals surface area contributed by atoms with E-state index in [1.807, 2.05) is 68.0 Å². The van der Waals surface area contributed by atoms with Gasteiger partial charge in [-0.2, -0.15) is 0 Å². The van der Waals surface area contributed by atoms with Gasteiger partial charge in [-0.15, -0.1) is 11.3 Å². The Morgan fingerprint density at radius 3 is 2.20 bits per heavy atom. The highest BCUT2D eigenvalue weighted by atomic mass is 32.1. The molecule has 1 N–H and O–H groups in total. The van der Waals surface area contributed by atoms with Crippen LogP contribution in [0.4, 0.5) is 0 Å². The molecule has 0 fully saturated rings. The zero-order chi connectivity index (χ0) is 21.5. The fourth-order valence-electron chi connectivity index (χ4n) is 3.12. The van der Waals surface area contributed by atoms with Crippen LogP contribution in [0.1, 0.15) is 32.7 Å². The topological polar surface area (TPSA) is 63.7 Å². The summed E-state index contributed by atoms with van der Waals surface area (Å²) >= 11 is 1.50. The minimum atomic E-state index is -0.160. The van der Waals surface area contributed by atoms with Crippen LogP contribution in [0.25, 0.3) is 0 Å². The molecule has 1 unspecified atom stereocenters. The summed E-state index contributed by atoms with van der Waals surface area (Å²) in [4.78, 5) is 19.2. The second-order valence-corrected chi connectivity index (χ2v) is 8.06. The maximum Gasteiger partial charge on any atom is 0.270 e. The number of thiazole rings is 1. The summed E-state index contributed by atoms with van der Waals surface area (Å²) in [6.45, 7) is 0.490. The molecule has 0 spiro atoms. The maximum absolute atomic E-state index is 12.6. The number of methoxy groups -OCH3 is 2. The molecular formula is C23H27N3O3S. The molecule has 7 heteroatoms. The van der Waals surface area contributed by atoms with Gasteiger partial charge in [0.05, 0.1) is 25.3 Å². The Bertz CT molecular complexity index is 953. The molecule has 1 atom stereocenters. The number of benzene rings is 2. The summed E-state index contributed by atoms with van der Waals surface area (Å²) in [5, 5.41) is 5.73. The Labute approximate surface area is 181 Å². The number of nitrogens with one attached hydrogen (secondary N) is 1. The second-order valence-electron chi connectivity index (χ2n) is 7.11. The van der Waals surface area contributed by atoms with Gasteiger partial charge in [-0.1, -0.05) is 24.3 Å². The van der Waals surface area contributed by atoms with Crippen LogP contribution in [0.15, 0.2) is 53.9 Å². The van der Waals surface area contributed by atoms with E-state index in [2.05, 4.69) is 15.2 Å². The van der Waals surface area contributed by atoms with Crippen LogP contribution in [0.5, 0.6) is 11.5 Å². The molecule has 1 amide bonds. The number of ether oxygens (including phenoxy) is 2. The lowest BCUT2D eigenvalue weighted by molar-refractivity contribution is 0.0937. The molecule has 0 aliphatic rings. The molecule has 2 aromatic carbocycles. The first-order valence-electron chi connectivity index (χ1n) is 9.66. The van der Waals surface area contributed by atoms with Crippen molar-refractivity contribution in [2.24, 2.45) is 0 Å². The number of amides is 1. The van der Waals surface area contributed by atoms with Gasteiger partial charge >= 0.3 is 0 Å². The maximum atomic E-state index is 12.6. The van der Waals surface area contributed by atoms with Crippen LogP contribution in [0.2, 0.25) is 0 Å². The number of hydrogen-bond donors (Lipinski definition) is 1. The first kappa shape index (κ1) is 21.8. The predicted molar refractivity (Wildman–Crippen MR) is 120 cm³/mol. The van der Waals surface area contributed by atoms with Crippen LogP contribution < -0.4 is 14.8 Å². The Kier molecular flexibility index (Phi) is 7.43. The van der Waals surface area contributed by atoms with Crippen LogP contribution in [0.3, 0.4) is 0 Å². The third-order valence-corrected chi connectivity index (χ3v) is 5.73. The molecule has 6 nitrogen and oxygen atoms in total. The van der Waals surface area contributed by atoms with Gasteiger partial charge in [-0.3, -0.25) is 4.79 Å². The lowest BCUT2D eigenvalue weighted by Gasteiger charge is -2.25. The van der Waals surface area contributed by atoms with Crippen LogP contribution in [-0.4, -0.2) is 50.7 Å². The van der Waals surface area contributed by atoms with E-state index in [-0.39, 0.29) is 11.9 Å². The molecule has 158 valence electrons. The molecule has 3 aromatic rings. The van der Waals surface area contributed by atoms with E-state index in [0.29, 0.717) is 18.7 Å². The normalized spacial score (nSPS) is 11.9. The monoisotopic (exact) mass is 425 g/mol. The molecule has 0 aliphatic heterocycles. The zero-order valence-electron chi connectivity index (χ0n) is 17.7. The second kappa shape index (κ2) is 10.2. The minimum absolute atomic E-state index is 0.0530. The summed E-state index contributed by atoms with van der Waals surface area (Å²) < 4.78 is 10.4. The van der Waals surface area contributed by atoms with Gasteiger partial charge < -0.3 is 19.7 Å². The van der Waals surface area contributed by atoms with Crippen LogP contribution >= 0.6 is 11.3 Å². The number of nitrogens with zero attached hydrogens (tertiary/aromatic N) is 2. The van der Waals surface area contributed by atoms with E-state index >= 15 is 0 Å². The van der Waals surface area contributed by atoms with Crippen LogP contribution in [-0.2, 0) is 6.42 Å².